The number of rotatable bonds is 3. The maximum atomic E-state index is 13.0. The molecule has 0 bridgehead atoms. The predicted octanol–water partition coefficient (Wildman–Crippen LogP) is 3.13. The summed E-state index contributed by atoms with van der Waals surface area (Å²) in [6.07, 6.45) is 0. The van der Waals surface area contributed by atoms with Crippen molar-refractivity contribution in [1.82, 2.24) is 9.80 Å². The fraction of sp³-hybridized carbons (Fsp3) is 0.250. The second kappa shape index (κ2) is 7.80. The molecule has 2 amide bonds. The van der Waals surface area contributed by atoms with Crippen LogP contribution in [0.4, 0.5) is 5.69 Å². The zero-order chi connectivity index (χ0) is 20.5. The average Bonchev–Trinajstić information content (AvgIpc) is 2.79. The number of piperazine rings is 1. The van der Waals surface area contributed by atoms with Crippen LogP contribution in [0.15, 0.2) is 60.7 Å². The minimum absolute atomic E-state index is 0.00288. The summed E-state index contributed by atoms with van der Waals surface area (Å²) in [5.41, 5.74) is 2.52. The lowest BCUT2D eigenvalue weighted by Crippen LogP contribution is -2.48. The Labute approximate surface area is 175 Å². The van der Waals surface area contributed by atoms with Crippen LogP contribution in [0, 0.1) is 0 Å². The monoisotopic (exact) mass is 401 g/mol. The van der Waals surface area contributed by atoms with Crippen LogP contribution in [0.25, 0.3) is 10.8 Å². The van der Waals surface area contributed by atoms with E-state index in [0.717, 1.165) is 19.6 Å². The molecule has 0 radical (unpaired) electrons. The Kier molecular flexibility index (Phi) is 4.85. The molecule has 6 heteroatoms. The molecule has 5 rings (SSSR count). The van der Waals surface area contributed by atoms with Crippen molar-refractivity contribution < 1.29 is 14.3 Å². The van der Waals surface area contributed by atoms with Crippen molar-refractivity contribution in [1.29, 1.82) is 0 Å². The number of nitrogens with one attached hydrogen (secondary N) is 1. The molecule has 1 N–H and O–H groups in total. The van der Waals surface area contributed by atoms with E-state index in [9.17, 15) is 9.59 Å². The van der Waals surface area contributed by atoms with Crippen molar-refractivity contribution in [2.75, 3.05) is 38.1 Å². The van der Waals surface area contributed by atoms with Gasteiger partial charge in [0.25, 0.3) is 11.8 Å². The predicted molar refractivity (Wildman–Crippen MR) is 116 cm³/mol. The van der Waals surface area contributed by atoms with Crippen molar-refractivity contribution >= 4 is 28.3 Å². The zero-order valence-corrected chi connectivity index (χ0v) is 16.6. The van der Waals surface area contributed by atoms with Gasteiger partial charge in [-0.2, -0.15) is 0 Å². The first-order valence-corrected chi connectivity index (χ1v) is 10.2. The Morgan fingerprint density at radius 3 is 2.63 bits per heavy atom. The van der Waals surface area contributed by atoms with Crippen molar-refractivity contribution in [3.8, 4) is 5.75 Å². The highest BCUT2D eigenvalue weighted by Gasteiger charge is 2.24. The molecule has 3 aromatic rings. The minimum atomic E-state index is -0.177. The van der Waals surface area contributed by atoms with E-state index in [0.29, 0.717) is 30.1 Å². The summed E-state index contributed by atoms with van der Waals surface area (Å²) in [5.74, 6) is 0.377. The maximum Gasteiger partial charge on any atom is 0.262 e. The molecule has 2 aliphatic rings. The summed E-state index contributed by atoms with van der Waals surface area (Å²) in [5, 5.41) is 5.30. The molecule has 0 aliphatic carbocycles. The fourth-order valence-electron chi connectivity index (χ4n) is 4.17. The van der Waals surface area contributed by atoms with Gasteiger partial charge in [-0.1, -0.05) is 42.5 Å². The van der Waals surface area contributed by atoms with E-state index in [1.54, 1.807) is 18.2 Å². The van der Waals surface area contributed by atoms with Crippen molar-refractivity contribution in [2.24, 2.45) is 0 Å². The van der Waals surface area contributed by atoms with Gasteiger partial charge in [0.15, 0.2) is 6.61 Å². The Morgan fingerprint density at radius 2 is 1.77 bits per heavy atom. The van der Waals surface area contributed by atoms with Gasteiger partial charge in [-0.05, 0) is 34.5 Å². The number of carbonyl (C=O) groups excluding carboxylic acids is 2. The molecule has 152 valence electrons. The lowest BCUT2D eigenvalue weighted by molar-refractivity contribution is -0.118. The van der Waals surface area contributed by atoms with E-state index < -0.39 is 0 Å². The second-order valence-electron chi connectivity index (χ2n) is 7.75. The molecule has 6 nitrogen and oxygen atoms in total. The fourth-order valence-corrected chi connectivity index (χ4v) is 4.17. The maximum absolute atomic E-state index is 13.0. The van der Waals surface area contributed by atoms with E-state index >= 15 is 0 Å². The molecular formula is C24H23N3O3. The lowest BCUT2D eigenvalue weighted by Gasteiger charge is -2.35. The van der Waals surface area contributed by atoms with E-state index in [1.807, 2.05) is 4.90 Å². The van der Waals surface area contributed by atoms with Crippen LogP contribution in [-0.2, 0) is 11.3 Å². The largest absolute Gasteiger partial charge is 0.482 e. The molecule has 2 heterocycles. The zero-order valence-electron chi connectivity index (χ0n) is 16.6. The first-order chi connectivity index (χ1) is 14.7. The molecule has 2 aliphatic heterocycles. The second-order valence-corrected chi connectivity index (χ2v) is 7.75. The van der Waals surface area contributed by atoms with Gasteiger partial charge < -0.3 is 15.0 Å². The van der Waals surface area contributed by atoms with Crippen LogP contribution in [-0.4, -0.2) is 54.4 Å². The normalized spacial score (nSPS) is 16.7. The topological polar surface area (TPSA) is 61.9 Å². The van der Waals surface area contributed by atoms with Gasteiger partial charge in [0, 0.05) is 38.3 Å². The molecule has 0 saturated carbocycles. The Hall–Kier alpha value is -3.38. The number of hydrogen-bond acceptors (Lipinski definition) is 4. The summed E-state index contributed by atoms with van der Waals surface area (Å²) in [4.78, 5) is 28.7. The standard InChI is InChI=1S/C24H23N3O3/c28-23-16-30-22-14-18(8-9-21(22)25-23)24(29)27-12-10-26(11-13-27)15-19-6-3-5-17-4-1-2-7-20(17)19/h1-9,14H,10-13,15-16H2,(H,25,28). The third-order valence-electron chi connectivity index (χ3n) is 5.79. The summed E-state index contributed by atoms with van der Waals surface area (Å²) >= 11 is 0. The summed E-state index contributed by atoms with van der Waals surface area (Å²) in [6, 6.07) is 20.1. The SMILES string of the molecule is O=C1COc2cc(C(=O)N3CCN(Cc4cccc5ccccc45)CC3)ccc2N1. The quantitative estimate of drug-likeness (QED) is 0.733. The smallest absolute Gasteiger partial charge is 0.262 e. The van der Waals surface area contributed by atoms with Gasteiger partial charge >= 0.3 is 0 Å². The Balaban J connectivity index is 1.24. The number of carbonyl (C=O) groups is 2. The van der Waals surface area contributed by atoms with E-state index in [1.165, 1.54) is 16.3 Å². The Bertz CT molecular complexity index is 1110. The van der Waals surface area contributed by atoms with Gasteiger partial charge in [0.1, 0.15) is 5.75 Å². The summed E-state index contributed by atoms with van der Waals surface area (Å²) in [7, 11) is 0. The van der Waals surface area contributed by atoms with Gasteiger partial charge in [-0.25, -0.2) is 0 Å². The first kappa shape index (κ1) is 18.6. The molecule has 1 saturated heterocycles. The van der Waals surface area contributed by atoms with Crippen molar-refractivity contribution in [2.45, 2.75) is 6.54 Å². The Morgan fingerprint density at radius 1 is 0.967 bits per heavy atom. The van der Waals surface area contributed by atoms with Gasteiger partial charge in [0.05, 0.1) is 5.69 Å². The molecule has 0 atom stereocenters. The number of benzene rings is 3. The lowest BCUT2D eigenvalue weighted by atomic mass is 10.0. The van der Waals surface area contributed by atoms with Crippen molar-refractivity contribution in [3.63, 3.8) is 0 Å². The highest BCUT2D eigenvalue weighted by atomic mass is 16.5. The third kappa shape index (κ3) is 3.62. The highest BCUT2D eigenvalue weighted by molar-refractivity contribution is 5.99. The average molecular weight is 401 g/mol. The summed E-state index contributed by atoms with van der Waals surface area (Å²) < 4.78 is 5.44. The molecule has 1 fully saturated rings. The number of nitrogens with zero attached hydrogens (tertiary/aromatic N) is 2. The number of hydrogen-bond donors (Lipinski definition) is 1. The van der Waals surface area contributed by atoms with E-state index in [-0.39, 0.29) is 18.4 Å². The van der Waals surface area contributed by atoms with Crippen LogP contribution in [0.2, 0.25) is 0 Å². The number of amides is 2. The minimum Gasteiger partial charge on any atom is -0.482 e. The molecular weight excluding hydrogens is 378 g/mol. The molecule has 0 aromatic heterocycles. The highest BCUT2D eigenvalue weighted by Crippen LogP contribution is 2.29. The number of ether oxygens (including phenoxy) is 1. The third-order valence-corrected chi connectivity index (χ3v) is 5.79. The van der Waals surface area contributed by atoms with E-state index in [2.05, 4.69) is 52.7 Å². The van der Waals surface area contributed by atoms with Gasteiger partial charge in [0.2, 0.25) is 0 Å². The van der Waals surface area contributed by atoms with Gasteiger partial charge in [-0.3, -0.25) is 14.5 Å². The number of anilines is 1. The summed E-state index contributed by atoms with van der Waals surface area (Å²) in [6.45, 7) is 3.93. The van der Waals surface area contributed by atoms with Crippen molar-refractivity contribution in [3.05, 3.63) is 71.8 Å². The first-order valence-electron chi connectivity index (χ1n) is 10.2. The van der Waals surface area contributed by atoms with E-state index in [4.69, 9.17) is 4.74 Å². The van der Waals surface area contributed by atoms with Crippen LogP contribution < -0.4 is 10.1 Å². The van der Waals surface area contributed by atoms with Gasteiger partial charge in [-0.15, -0.1) is 0 Å². The molecule has 0 spiro atoms. The van der Waals surface area contributed by atoms with Crippen LogP contribution >= 0.6 is 0 Å². The molecule has 0 unspecified atom stereocenters. The number of fused-ring (bicyclic) bond motifs is 2. The molecule has 3 aromatic carbocycles. The van der Waals surface area contributed by atoms with Crippen LogP contribution in [0.3, 0.4) is 0 Å². The van der Waals surface area contributed by atoms with Crippen LogP contribution in [0.1, 0.15) is 15.9 Å². The van der Waals surface area contributed by atoms with Crippen LogP contribution in [0.5, 0.6) is 5.75 Å². The molecule has 30 heavy (non-hydrogen) atoms.